The first-order valence-corrected chi connectivity index (χ1v) is 7.45. The second kappa shape index (κ2) is 7.28. The standard InChI is InChI=1S/C14H18BrN3O2/c15-12-1-3-13(4-2-12)16-6-5-14(20)18-9-7-17(11-19)8-10-18/h1-4,11,16H,5-10H2. The van der Waals surface area contributed by atoms with E-state index in [0.29, 0.717) is 39.1 Å². The van der Waals surface area contributed by atoms with Crippen LogP contribution in [0.15, 0.2) is 28.7 Å². The van der Waals surface area contributed by atoms with Gasteiger partial charge in [0.25, 0.3) is 0 Å². The summed E-state index contributed by atoms with van der Waals surface area (Å²) in [4.78, 5) is 26.1. The molecule has 1 fully saturated rings. The molecule has 1 saturated heterocycles. The molecular weight excluding hydrogens is 322 g/mol. The summed E-state index contributed by atoms with van der Waals surface area (Å²) in [5.74, 6) is 0.139. The molecule has 1 aliphatic heterocycles. The quantitative estimate of drug-likeness (QED) is 0.828. The van der Waals surface area contributed by atoms with Crippen LogP contribution < -0.4 is 5.32 Å². The topological polar surface area (TPSA) is 52.7 Å². The average molecular weight is 340 g/mol. The molecule has 0 radical (unpaired) electrons. The largest absolute Gasteiger partial charge is 0.385 e. The van der Waals surface area contributed by atoms with E-state index in [9.17, 15) is 9.59 Å². The highest BCUT2D eigenvalue weighted by atomic mass is 79.9. The van der Waals surface area contributed by atoms with Gasteiger partial charge in [0.2, 0.25) is 12.3 Å². The fraction of sp³-hybridized carbons (Fsp3) is 0.429. The first kappa shape index (κ1) is 14.8. The van der Waals surface area contributed by atoms with Crippen molar-refractivity contribution in [1.82, 2.24) is 9.80 Å². The maximum Gasteiger partial charge on any atom is 0.224 e. The fourth-order valence-electron chi connectivity index (χ4n) is 2.12. The summed E-state index contributed by atoms with van der Waals surface area (Å²) in [6.07, 6.45) is 1.31. The molecule has 0 unspecified atom stereocenters. The third-order valence-electron chi connectivity index (χ3n) is 3.33. The number of carbonyl (C=O) groups is 2. The van der Waals surface area contributed by atoms with Crippen molar-refractivity contribution in [2.45, 2.75) is 6.42 Å². The van der Waals surface area contributed by atoms with Gasteiger partial charge in [-0.1, -0.05) is 15.9 Å². The third-order valence-corrected chi connectivity index (χ3v) is 3.86. The van der Waals surface area contributed by atoms with Gasteiger partial charge in [-0.2, -0.15) is 0 Å². The van der Waals surface area contributed by atoms with E-state index < -0.39 is 0 Å². The van der Waals surface area contributed by atoms with E-state index in [1.54, 1.807) is 4.90 Å². The lowest BCUT2D eigenvalue weighted by atomic mass is 10.2. The highest BCUT2D eigenvalue weighted by Gasteiger charge is 2.19. The fourth-order valence-corrected chi connectivity index (χ4v) is 2.38. The smallest absolute Gasteiger partial charge is 0.224 e. The predicted molar refractivity (Wildman–Crippen MR) is 81.5 cm³/mol. The van der Waals surface area contributed by atoms with Crippen LogP contribution in [0.1, 0.15) is 6.42 Å². The minimum atomic E-state index is 0.139. The first-order valence-electron chi connectivity index (χ1n) is 6.65. The second-order valence-corrected chi connectivity index (χ2v) is 5.62. The van der Waals surface area contributed by atoms with Gasteiger partial charge in [0.05, 0.1) is 0 Å². The van der Waals surface area contributed by atoms with Gasteiger partial charge in [-0.15, -0.1) is 0 Å². The monoisotopic (exact) mass is 339 g/mol. The molecule has 20 heavy (non-hydrogen) atoms. The molecule has 1 aromatic carbocycles. The van der Waals surface area contributed by atoms with E-state index in [-0.39, 0.29) is 5.91 Å². The van der Waals surface area contributed by atoms with Crippen LogP contribution in [0, 0.1) is 0 Å². The number of carbonyl (C=O) groups excluding carboxylic acids is 2. The van der Waals surface area contributed by atoms with Gasteiger partial charge < -0.3 is 15.1 Å². The number of hydrogen-bond acceptors (Lipinski definition) is 3. The number of halogens is 1. The summed E-state index contributed by atoms with van der Waals surface area (Å²) in [6, 6.07) is 7.86. The molecule has 0 aliphatic carbocycles. The van der Waals surface area contributed by atoms with Gasteiger partial charge in [-0.05, 0) is 24.3 Å². The maximum absolute atomic E-state index is 12.0. The molecule has 108 valence electrons. The van der Waals surface area contributed by atoms with Crippen LogP contribution in [-0.2, 0) is 9.59 Å². The minimum absolute atomic E-state index is 0.139. The zero-order chi connectivity index (χ0) is 14.4. The predicted octanol–water partition coefficient (Wildman–Crippen LogP) is 1.55. The third kappa shape index (κ3) is 4.23. The van der Waals surface area contributed by atoms with Crippen molar-refractivity contribution >= 4 is 33.9 Å². The van der Waals surface area contributed by atoms with Crippen molar-refractivity contribution in [1.29, 1.82) is 0 Å². The molecule has 1 heterocycles. The minimum Gasteiger partial charge on any atom is -0.385 e. The van der Waals surface area contributed by atoms with Gasteiger partial charge in [0, 0.05) is 49.3 Å². The van der Waals surface area contributed by atoms with E-state index in [0.717, 1.165) is 16.6 Å². The van der Waals surface area contributed by atoms with Crippen LogP contribution in [0.25, 0.3) is 0 Å². The summed E-state index contributed by atoms with van der Waals surface area (Å²) in [7, 11) is 0. The van der Waals surface area contributed by atoms with Crippen molar-refractivity contribution < 1.29 is 9.59 Å². The van der Waals surface area contributed by atoms with Gasteiger partial charge in [-0.3, -0.25) is 9.59 Å². The van der Waals surface area contributed by atoms with Crippen LogP contribution >= 0.6 is 15.9 Å². The summed E-state index contributed by atoms with van der Waals surface area (Å²) < 4.78 is 1.03. The molecule has 0 bridgehead atoms. The van der Waals surface area contributed by atoms with Gasteiger partial charge in [0.15, 0.2) is 0 Å². The number of piperazine rings is 1. The Hall–Kier alpha value is -1.56. The highest BCUT2D eigenvalue weighted by Crippen LogP contribution is 2.14. The number of benzene rings is 1. The molecule has 0 spiro atoms. The van der Waals surface area contributed by atoms with E-state index in [2.05, 4.69) is 21.2 Å². The van der Waals surface area contributed by atoms with E-state index >= 15 is 0 Å². The lowest BCUT2D eigenvalue weighted by molar-refractivity contribution is -0.134. The Morgan fingerprint density at radius 1 is 1.20 bits per heavy atom. The van der Waals surface area contributed by atoms with Crippen molar-refractivity contribution in [2.24, 2.45) is 0 Å². The molecule has 0 atom stereocenters. The first-order chi connectivity index (χ1) is 9.69. The number of nitrogens with one attached hydrogen (secondary N) is 1. The van der Waals surface area contributed by atoms with Crippen LogP contribution in [0.4, 0.5) is 5.69 Å². The summed E-state index contributed by atoms with van der Waals surface area (Å²) in [6.45, 7) is 3.16. The number of rotatable bonds is 5. The Morgan fingerprint density at radius 2 is 1.85 bits per heavy atom. The normalized spacial score (nSPS) is 15.1. The number of nitrogens with zero attached hydrogens (tertiary/aromatic N) is 2. The zero-order valence-electron chi connectivity index (χ0n) is 11.2. The Morgan fingerprint density at radius 3 is 2.45 bits per heavy atom. The van der Waals surface area contributed by atoms with Crippen LogP contribution in [-0.4, -0.2) is 54.8 Å². The number of anilines is 1. The molecule has 1 aliphatic rings. The molecule has 0 aromatic heterocycles. The zero-order valence-corrected chi connectivity index (χ0v) is 12.8. The summed E-state index contributed by atoms with van der Waals surface area (Å²) in [5.41, 5.74) is 1.01. The maximum atomic E-state index is 12.0. The molecule has 2 amide bonds. The molecule has 2 rings (SSSR count). The average Bonchev–Trinajstić information content (AvgIpc) is 2.49. The molecule has 6 heteroatoms. The number of hydrogen-bond donors (Lipinski definition) is 1. The molecule has 5 nitrogen and oxygen atoms in total. The van der Waals surface area contributed by atoms with E-state index in [4.69, 9.17) is 0 Å². The Labute approximate surface area is 127 Å². The number of amides is 2. The van der Waals surface area contributed by atoms with Crippen LogP contribution in [0.5, 0.6) is 0 Å². The van der Waals surface area contributed by atoms with Gasteiger partial charge >= 0.3 is 0 Å². The van der Waals surface area contributed by atoms with E-state index in [1.165, 1.54) is 0 Å². The van der Waals surface area contributed by atoms with Crippen molar-refractivity contribution in [3.8, 4) is 0 Å². The van der Waals surface area contributed by atoms with Crippen LogP contribution in [0.3, 0.4) is 0 Å². The molecule has 1 aromatic rings. The Bertz CT molecular complexity index is 456. The van der Waals surface area contributed by atoms with Gasteiger partial charge in [0.1, 0.15) is 0 Å². The second-order valence-electron chi connectivity index (χ2n) is 4.71. The Kier molecular flexibility index (Phi) is 5.40. The molecular formula is C14H18BrN3O2. The SMILES string of the molecule is O=CN1CCN(C(=O)CCNc2ccc(Br)cc2)CC1. The van der Waals surface area contributed by atoms with Crippen LogP contribution in [0.2, 0.25) is 0 Å². The lowest BCUT2D eigenvalue weighted by Crippen LogP contribution is -2.48. The van der Waals surface area contributed by atoms with Crippen molar-refractivity contribution in [2.75, 3.05) is 38.0 Å². The van der Waals surface area contributed by atoms with Crippen molar-refractivity contribution in [3.05, 3.63) is 28.7 Å². The Balaban J connectivity index is 1.70. The summed E-state index contributed by atoms with van der Waals surface area (Å²) in [5, 5.41) is 3.23. The molecule has 0 saturated carbocycles. The summed E-state index contributed by atoms with van der Waals surface area (Å²) >= 11 is 3.38. The van der Waals surface area contributed by atoms with E-state index in [1.807, 2.05) is 29.2 Å². The lowest BCUT2D eigenvalue weighted by Gasteiger charge is -2.32. The van der Waals surface area contributed by atoms with Gasteiger partial charge in [-0.25, -0.2) is 0 Å². The van der Waals surface area contributed by atoms with Crippen molar-refractivity contribution in [3.63, 3.8) is 0 Å². The highest BCUT2D eigenvalue weighted by molar-refractivity contribution is 9.10. The molecule has 1 N–H and O–H groups in total.